The maximum absolute atomic E-state index is 12.0. The number of pyridine rings is 1. The number of nitrogens with one attached hydrogen (secondary N) is 1. The van der Waals surface area contributed by atoms with E-state index in [9.17, 15) is 4.79 Å². The maximum atomic E-state index is 12.0. The first-order valence-corrected chi connectivity index (χ1v) is 6.48. The molecule has 1 amide bonds. The van der Waals surface area contributed by atoms with Gasteiger partial charge in [0, 0.05) is 36.8 Å². The van der Waals surface area contributed by atoms with Gasteiger partial charge in [-0.1, -0.05) is 5.16 Å². The molecule has 0 aliphatic carbocycles. The highest BCUT2D eigenvalue weighted by Gasteiger charge is 2.13. The van der Waals surface area contributed by atoms with Crippen molar-refractivity contribution < 1.29 is 9.32 Å². The number of nitrogens with zero attached hydrogens (tertiary/aromatic N) is 4. The zero-order valence-corrected chi connectivity index (χ0v) is 11.4. The number of aryl methyl sites for hydroxylation is 1. The summed E-state index contributed by atoms with van der Waals surface area (Å²) < 4.78 is 6.78. The molecule has 21 heavy (non-hydrogen) atoms. The lowest BCUT2D eigenvalue weighted by atomic mass is 10.2. The van der Waals surface area contributed by atoms with Crippen LogP contribution in [0.3, 0.4) is 0 Å². The predicted molar refractivity (Wildman–Crippen MR) is 75.6 cm³/mol. The summed E-state index contributed by atoms with van der Waals surface area (Å²) in [6.07, 6.45) is 5.10. The fourth-order valence-electron chi connectivity index (χ4n) is 1.82. The third-order valence-corrected chi connectivity index (χ3v) is 2.90. The van der Waals surface area contributed by atoms with Crippen molar-refractivity contribution in [3.8, 4) is 11.3 Å². The van der Waals surface area contributed by atoms with Crippen molar-refractivity contribution in [2.24, 2.45) is 0 Å². The molecule has 7 heteroatoms. The molecule has 7 nitrogen and oxygen atoms in total. The summed E-state index contributed by atoms with van der Waals surface area (Å²) in [5, 5.41) is 10.6. The third-order valence-electron chi connectivity index (χ3n) is 2.90. The molecule has 0 unspecified atom stereocenters. The van der Waals surface area contributed by atoms with Crippen LogP contribution in [-0.2, 0) is 6.54 Å². The summed E-state index contributed by atoms with van der Waals surface area (Å²) in [7, 11) is 0. The normalized spacial score (nSPS) is 10.5. The van der Waals surface area contributed by atoms with E-state index in [0.29, 0.717) is 17.9 Å². The van der Waals surface area contributed by atoms with Crippen LogP contribution in [0.5, 0.6) is 0 Å². The molecule has 0 spiro atoms. The average molecular weight is 283 g/mol. The summed E-state index contributed by atoms with van der Waals surface area (Å²) in [6, 6.07) is 6.96. The van der Waals surface area contributed by atoms with Crippen LogP contribution in [0.1, 0.15) is 17.4 Å². The molecular weight excluding hydrogens is 270 g/mol. The highest BCUT2D eigenvalue weighted by Crippen LogP contribution is 2.20. The molecule has 0 saturated heterocycles. The van der Waals surface area contributed by atoms with E-state index >= 15 is 0 Å². The molecule has 0 bridgehead atoms. The molecule has 1 N–H and O–H groups in total. The van der Waals surface area contributed by atoms with Gasteiger partial charge in [0.1, 0.15) is 5.69 Å². The SMILES string of the molecule is CCn1ccc(C(=O)Nc2cc(-c3cccnc3)no2)n1. The zero-order chi connectivity index (χ0) is 14.7. The first kappa shape index (κ1) is 13.0. The highest BCUT2D eigenvalue weighted by molar-refractivity contribution is 6.02. The lowest BCUT2D eigenvalue weighted by Gasteiger charge is -1.97. The number of hydrogen-bond donors (Lipinski definition) is 1. The van der Waals surface area contributed by atoms with Crippen molar-refractivity contribution in [2.75, 3.05) is 5.32 Å². The van der Waals surface area contributed by atoms with Crippen molar-refractivity contribution in [1.82, 2.24) is 19.9 Å². The minimum Gasteiger partial charge on any atom is -0.338 e. The molecule has 0 aliphatic heterocycles. The van der Waals surface area contributed by atoms with Gasteiger partial charge in [-0.15, -0.1) is 0 Å². The lowest BCUT2D eigenvalue weighted by molar-refractivity contribution is 0.101. The Balaban J connectivity index is 1.74. The number of anilines is 1. The van der Waals surface area contributed by atoms with E-state index < -0.39 is 0 Å². The minimum absolute atomic E-state index is 0.268. The first-order valence-electron chi connectivity index (χ1n) is 6.48. The Hall–Kier alpha value is -2.96. The number of aromatic nitrogens is 4. The molecule has 0 radical (unpaired) electrons. The van der Waals surface area contributed by atoms with Crippen LogP contribution in [0.2, 0.25) is 0 Å². The largest absolute Gasteiger partial charge is 0.338 e. The van der Waals surface area contributed by atoms with Gasteiger partial charge >= 0.3 is 0 Å². The summed E-state index contributed by atoms with van der Waals surface area (Å²) in [5.41, 5.74) is 1.76. The van der Waals surface area contributed by atoms with Crippen LogP contribution >= 0.6 is 0 Å². The van der Waals surface area contributed by atoms with Crippen molar-refractivity contribution in [3.05, 3.63) is 48.5 Å². The first-order chi connectivity index (χ1) is 10.3. The molecule has 0 aromatic carbocycles. The van der Waals surface area contributed by atoms with E-state index in [1.807, 2.05) is 13.0 Å². The van der Waals surface area contributed by atoms with Crippen molar-refractivity contribution in [2.45, 2.75) is 13.5 Å². The molecule has 0 aliphatic rings. The lowest BCUT2D eigenvalue weighted by Crippen LogP contribution is -2.12. The van der Waals surface area contributed by atoms with Crippen LogP contribution in [0.25, 0.3) is 11.3 Å². The van der Waals surface area contributed by atoms with Gasteiger partial charge < -0.3 is 4.52 Å². The van der Waals surface area contributed by atoms with Crippen molar-refractivity contribution >= 4 is 11.8 Å². The molecule has 0 saturated carbocycles. The van der Waals surface area contributed by atoms with Crippen LogP contribution in [0.15, 0.2) is 47.4 Å². The number of carbonyl (C=O) groups is 1. The Kier molecular flexibility index (Phi) is 3.46. The minimum atomic E-state index is -0.337. The molecule has 0 fully saturated rings. The smallest absolute Gasteiger partial charge is 0.278 e. The van der Waals surface area contributed by atoms with E-state index in [1.165, 1.54) is 0 Å². The molecular formula is C14H13N5O2. The van der Waals surface area contributed by atoms with Gasteiger partial charge in [0.2, 0.25) is 5.88 Å². The Morgan fingerprint density at radius 3 is 3.05 bits per heavy atom. The molecule has 3 aromatic rings. The number of carbonyl (C=O) groups excluding carboxylic acids is 1. The predicted octanol–water partition coefficient (Wildman–Crippen LogP) is 2.21. The number of amides is 1. The molecule has 3 aromatic heterocycles. The Bertz CT molecular complexity index is 748. The summed E-state index contributed by atoms with van der Waals surface area (Å²) in [6.45, 7) is 2.66. The second kappa shape index (κ2) is 5.58. The second-order valence-electron chi connectivity index (χ2n) is 4.33. The summed E-state index contributed by atoms with van der Waals surface area (Å²) in [4.78, 5) is 16.0. The molecule has 0 atom stereocenters. The highest BCUT2D eigenvalue weighted by atomic mass is 16.5. The Morgan fingerprint density at radius 1 is 1.43 bits per heavy atom. The van der Waals surface area contributed by atoms with E-state index in [4.69, 9.17) is 4.52 Å². The van der Waals surface area contributed by atoms with Crippen LogP contribution in [0.4, 0.5) is 5.88 Å². The van der Waals surface area contributed by atoms with E-state index in [2.05, 4.69) is 20.6 Å². The maximum Gasteiger partial charge on any atom is 0.278 e. The number of rotatable bonds is 4. The van der Waals surface area contributed by atoms with Gasteiger partial charge in [-0.2, -0.15) is 5.10 Å². The van der Waals surface area contributed by atoms with Gasteiger partial charge in [-0.25, -0.2) is 0 Å². The molecule has 106 valence electrons. The van der Waals surface area contributed by atoms with Crippen molar-refractivity contribution in [1.29, 1.82) is 0 Å². The molecule has 3 rings (SSSR count). The van der Waals surface area contributed by atoms with Crippen LogP contribution < -0.4 is 5.32 Å². The van der Waals surface area contributed by atoms with Gasteiger partial charge in [0.05, 0.1) is 0 Å². The zero-order valence-electron chi connectivity index (χ0n) is 11.4. The standard InChI is InChI=1S/C14H13N5O2/c1-2-19-7-5-11(17-19)14(20)16-13-8-12(18-21-13)10-4-3-6-15-9-10/h3-9H,2H2,1H3,(H,16,20). The Morgan fingerprint density at radius 2 is 2.33 bits per heavy atom. The van der Waals surface area contributed by atoms with E-state index in [1.54, 1.807) is 41.5 Å². The Labute approximate surface area is 120 Å². The topological polar surface area (TPSA) is 85.8 Å². The van der Waals surface area contributed by atoms with Crippen LogP contribution in [-0.4, -0.2) is 25.8 Å². The summed E-state index contributed by atoms with van der Waals surface area (Å²) >= 11 is 0. The van der Waals surface area contributed by atoms with Gasteiger partial charge in [0.15, 0.2) is 5.69 Å². The van der Waals surface area contributed by atoms with E-state index in [-0.39, 0.29) is 11.8 Å². The molecule has 3 heterocycles. The summed E-state index contributed by atoms with van der Waals surface area (Å²) in [5.74, 6) is -0.0685. The van der Waals surface area contributed by atoms with Gasteiger partial charge in [-0.05, 0) is 25.1 Å². The fourth-order valence-corrected chi connectivity index (χ4v) is 1.82. The van der Waals surface area contributed by atoms with Gasteiger partial charge in [-0.3, -0.25) is 19.8 Å². The van der Waals surface area contributed by atoms with Crippen LogP contribution in [0, 0.1) is 0 Å². The third kappa shape index (κ3) is 2.81. The monoisotopic (exact) mass is 283 g/mol. The quantitative estimate of drug-likeness (QED) is 0.793. The average Bonchev–Trinajstić information content (AvgIpc) is 3.17. The van der Waals surface area contributed by atoms with Gasteiger partial charge in [0.25, 0.3) is 5.91 Å². The fraction of sp³-hybridized carbons (Fsp3) is 0.143. The number of hydrogen-bond acceptors (Lipinski definition) is 5. The van der Waals surface area contributed by atoms with Crippen molar-refractivity contribution in [3.63, 3.8) is 0 Å². The second-order valence-corrected chi connectivity index (χ2v) is 4.33. The van der Waals surface area contributed by atoms with E-state index in [0.717, 1.165) is 5.56 Å².